The van der Waals surface area contributed by atoms with Crippen molar-refractivity contribution in [3.63, 3.8) is 0 Å². The van der Waals surface area contributed by atoms with Crippen LogP contribution in [0.3, 0.4) is 0 Å². The van der Waals surface area contributed by atoms with E-state index in [1.54, 1.807) is 24.3 Å². The molecule has 0 fully saturated rings. The molecule has 8 heteroatoms. The van der Waals surface area contributed by atoms with Gasteiger partial charge >= 0.3 is 5.97 Å². The number of nitrogens with zero attached hydrogens (tertiary/aromatic N) is 3. The molecular formula is C18H22ClN3O4. The van der Waals surface area contributed by atoms with Gasteiger partial charge in [-0.25, -0.2) is 0 Å². The lowest BCUT2D eigenvalue weighted by molar-refractivity contribution is -0.144. The molecular weight excluding hydrogens is 358 g/mol. The fraction of sp³-hybridized carbons (Fsp3) is 0.444. The van der Waals surface area contributed by atoms with E-state index in [4.69, 9.17) is 21.2 Å². The Labute approximate surface area is 157 Å². The summed E-state index contributed by atoms with van der Waals surface area (Å²) in [6.45, 7) is 4.03. The molecule has 2 rings (SSSR count). The minimum absolute atomic E-state index is 0.182. The summed E-state index contributed by atoms with van der Waals surface area (Å²) in [6.07, 6.45) is 1.20. The first-order chi connectivity index (χ1) is 12.3. The molecule has 1 aromatic carbocycles. The molecule has 0 spiro atoms. The van der Waals surface area contributed by atoms with E-state index in [9.17, 15) is 9.59 Å². The summed E-state index contributed by atoms with van der Waals surface area (Å²) >= 11 is 5.85. The number of halogens is 1. The SMILES string of the molecule is CC(C)CN(CC(=O)O)C(=O)CCCc1nc(-c2ccc(Cl)cc2)no1. The number of hydrogen-bond donors (Lipinski definition) is 1. The Morgan fingerprint density at radius 3 is 2.58 bits per heavy atom. The largest absolute Gasteiger partial charge is 0.480 e. The van der Waals surface area contributed by atoms with E-state index in [1.165, 1.54) is 4.90 Å². The Hall–Kier alpha value is -2.41. The van der Waals surface area contributed by atoms with Gasteiger partial charge in [-0.2, -0.15) is 4.98 Å². The smallest absolute Gasteiger partial charge is 0.323 e. The quantitative estimate of drug-likeness (QED) is 0.718. The van der Waals surface area contributed by atoms with Crippen LogP contribution in [0, 0.1) is 5.92 Å². The van der Waals surface area contributed by atoms with Crippen molar-refractivity contribution in [2.75, 3.05) is 13.1 Å². The van der Waals surface area contributed by atoms with Gasteiger partial charge < -0.3 is 14.5 Å². The van der Waals surface area contributed by atoms with Crippen LogP contribution in [0.1, 0.15) is 32.6 Å². The number of benzene rings is 1. The molecule has 1 aromatic heterocycles. The van der Waals surface area contributed by atoms with Crippen LogP contribution < -0.4 is 0 Å². The highest BCUT2D eigenvalue weighted by Crippen LogP contribution is 2.19. The molecule has 0 atom stereocenters. The predicted molar refractivity (Wildman–Crippen MR) is 96.7 cm³/mol. The van der Waals surface area contributed by atoms with Gasteiger partial charge in [0.1, 0.15) is 6.54 Å². The van der Waals surface area contributed by atoms with Crippen LogP contribution in [0.25, 0.3) is 11.4 Å². The molecule has 1 amide bonds. The third-order valence-corrected chi connectivity index (χ3v) is 3.87. The summed E-state index contributed by atoms with van der Waals surface area (Å²) in [5.74, 6) is -0.0788. The fourth-order valence-corrected chi connectivity index (χ4v) is 2.61. The number of aryl methyl sites for hydroxylation is 1. The van der Waals surface area contributed by atoms with Crippen molar-refractivity contribution < 1.29 is 19.2 Å². The summed E-state index contributed by atoms with van der Waals surface area (Å²) in [7, 11) is 0. The van der Waals surface area contributed by atoms with E-state index in [2.05, 4.69) is 10.1 Å². The second-order valence-electron chi connectivity index (χ2n) is 6.43. The molecule has 0 aliphatic rings. The van der Waals surface area contributed by atoms with E-state index in [-0.39, 0.29) is 24.8 Å². The topological polar surface area (TPSA) is 96.5 Å². The number of carboxylic acid groups (broad SMARTS) is 1. The number of aliphatic carboxylic acids is 1. The third-order valence-electron chi connectivity index (χ3n) is 3.62. The average molecular weight is 380 g/mol. The van der Waals surface area contributed by atoms with Crippen LogP contribution in [0.2, 0.25) is 5.02 Å². The van der Waals surface area contributed by atoms with Crippen molar-refractivity contribution in [3.8, 4) is 11.4 Å². The highest BCUT2D eigenvalue weighted by Gasteiger charge is 2.18. The molecule has 0 saturated heterocycles. The van der Waals surface area contributed by atoms with E-state index < -0.39 is 5.97 Å². The van der Waals surface area contributed by atoms with E-state index >= 15 is 0 Å². The molecule has 0 unspecified atom stereocenters. The Kier molecular flexibility index (Phi) is 7.15. The van der Waals surface area contributed by atoms with Crippen molar-refractivity contribution >= 4 is 23.5 Å². The van der Waals surface area contributed by atoms with Gasteiger partial charge in [0.05, 0.1) is 0 Å². The standard InChI is InChI=1S/C18H22ClN3O4/c1-12(2)10-22(11-17(24)25)16(23)5-3-4-15-20-18(21-26-15)13-6-8-14(19)9-7-13/h6-9,12H,3-5,10-11H2,1-2H3,(H,24,25). The Balaban J connectivity index is 1.87. The maximum absolute atomic E-state index is 12.2. The number of hydrogen-bond acceptors (Lipinski definition) is 5. The summed E-state index contributed by atoms with van der Waals surface area (Å²) in [5, 5.41) is 13.5. The maximum atomic E-state index is 12.2. The molecule has 0 saturated carbocycles. The molecule has 0 aliphatic carbocycles. The molecule has 26 heavy (non-hydrogen) atoms. The zero-order valence-electron chi connectivity index (χ0n) is 14.8. The van der Waals surface area contributed by atoms with Gasteiger partial charge in [-0.05, 0) is 36.6 Å². The second-order valence-corrected chi connectivity index (χ2v) is 6.87. The van der Waals surface area contributed by atoms with Gasteiger partial charge in [-0.15, -0.1) is 0 Å². The lowest BCUT2D eigenvalue weighted by atomic mass is 10.1. The molecule has 0 aliphatic heterocycles. The van der Waals surface area contributed by atoms with Gasteiger partial charge in [0.15, 0.2) is 0 Å². The van der Waals surface area contributed by atoms with E-state index in [0.717, 1.165) is 5.56 Å². The maximum Gasteiger partial charge on any atom is 0.323 e. The van der Waals surface area contributed by atoms with Crippen molar-refractivity contribution in [2.45, 2.75) is 33.1 Å². The molecule has 0 bridgehead atoms. The van der Waals surface area contributed by atoms with Crippen LogP contribution in [0.5, 0.6) is 0 Å². The number of carbonyl (C=O) groups excluding carboxylic acids is 1. The first-order valence-corrected chi connectivity index (χ1v) is 8.81. The lowest BCUT2D eigenvalue weighted by Gasteiger charge is -2.22. The Morgan fingerprint density at radius 1 is 1.27 bits per heavy atom. The zero-order valence-corrected chi connectivity index (χ0v) is 15.6. The van der Waals surface area contributed by atoms with Crippen molar-refractivity contribution in [2.24, 2.45) is 5.92 Å². The molecule has 2 aromatic rings. The second kappa shape index (κ2) is 9.33. The van der Waals surface area contributed by atoms with Crippen LogP contribution in [0.4, 0.5) is 0 Å². The van der Waals surface area contributed by atoms with Crippen LogP contribution in [-0.4, -0.2) is 45.1 Å². The van der Waals surface area contributed by atoms with Gasteiger partial charge in [-0.3, -0.25) is 9.59 Å². The number of amides is 1. The van der Waals surface area contributed by atoms with Crippen LogP contribution in [-0.2, 0) is 16.0 Å². The summed E-state index contributed by atoms with van der Waals surface area (Å²) < 4.78 is 5.21. The predicted octanol–water partition coefficient (Wildman–Crippen LogP) is 3.28. The minimum atomic E-state index is -1.01. The van der Waals surface area contributed by atoms with Gasteiger partial charge in [0.2, 0.25) is 17.6 Å². The Morgan fingerprint density at radius 2 is 1.96 bits per heavy atom. The third kappa shape index (κ3) is 6.15. The first kappa shape index (κ1) is 19.9. The average Bonchev–Trinajstić information content (AvgIpc) is 3.03. The zero-order chi connectivity index (χ0) is 19.1. The van der Waals surface area contributed by atoms with Crippen molar-refractivity contribution in [1.29, 1.82) is 0 Å². The van der Waals surface area contributed by atoms with Crippen molar-refractivity contribution in [3.05, 3.63) is 35.2 Å². The normalized spacial score (nSPS) is 10.9. The van der Waals surface area contributed by atoms with Gasteiger partial charge in [0.25, 0.3) is 0 Å². The summed E-state index contributed by atoms with van der Waals surface area (Å²) in [4.78, 5) is 28.8. The molecule has 7 nitrogen and oxygen atoms in total. The summed E-state index contributed by atoms with van der Waals surface area (Å²) in [6, 6.07) is 7.10. The number of rotatable bonds is 9. The lowest BCUT2D eigenvalue weighted by Crippen LogP contribution is -2.38. The Bertz CT molecular complexity index is 743. The number of carboxylic acids is 1. The highest BCUT2D eigenvalue weighted by atomic mass is 35.5. The van der Waals surface area contributed by atoms with Gasteiger partial charge in [-0.1, -0.05) is 30.6 Å². The minimum Gasteiger partial charge on any atom is -0.480 e. The van der Waals surface area contributed by atoms with E-state index in [0.29, 0.717) is 36.1 Å². The van der Waals surface area contributed by atoms with Crippen LogP contribution in [0.15, 0.2) is 28.8 Å². The molecule has 140 valence electrons. The monoisotopic (exact) mass is 379 g/mol. The van der Waals surface area contributed by atoms with Crippen LogP contribution >= 0.6 is 11.6 Å². The van der Waals surface area contributed by atoms with Crippen molar-refractivity contribution in [1.82, 2.24) is 15.0 Å². The molecule has 1 heterocycles. The fourth-order valence-electron chi connectivity index (χ4n) is 2.48. The molecule has 0 radical (unpaired) electrons. The first-order valence-electron chi connectivity index (χ1n) is 8.43. The number of aromatic nitrogens is 2. The number of carbonyl (C=O) groups is 2. The highest BCUT2D eigenvalue weighted by molar-refractivity contribution is 6.30. The summed E-state index contributed by atoms with van der Waals surface area (Å²) in [5.41, 5.74) is 0.796. The van der Waals surface area contributed by atoms with E-state index in [1.807, 2.05) is 13.8 Å². The molecule has 1 N–H and O–H groups in total. The van der Waals surface area contributed by atoms with Gasteiger partial charge in [0, 0.05) is 30.0 Å².